The van der Waals surface area contributed by atoms with Gasteiger partial charge in [0.25, 0.3) is 10.0 Å². The molecule has 2 aromatic rings. The second-order valence-electron chi connectivity index (χ2n) is 6.55. The van der Waals surface area contributed by atoms with Crippen LogP contribution in [0.1, 0.15) is 23.2 Å². The first-order valence-electron chi connectivity index (χ1n) is 8.03. The van der Waals surface area contributed by atoms with Gasteiger partial charge in [-0.25, -0.2) is 12.8 Å². The highest BCUT2D eigenvalue weighted by molar-refractivity contribution is 7.89. The molecular formula is C17H22FN3O2S. The Morgan fingerprint density at radius 1 is 1.29 bits per heavy atom. The van der Waals surface area contributed by atoms with Gasteiger partial charge in [0.05, 0.1) is 5.69 Å². The maximum Gasteiger partial charge on any atom is 0.260 e. The number of aromatic nitrogens is 2. The summed E-state index contributed by atoms with van der Waals surface area (Å²) in [6, 6.07) is 6.71. The lowest BCUT2D eigenvalue weighted by molar-refractivity contribution is 0.448. The van der Waals surface area contributed by atoms with Gasteiger partial charge in [0.15, 0.2) is 5.03 Å². The third kappa shape index (κ3) is 3.23. The van der Waals surface area contributed by atoms with Crippen LogP contribution >= 0.6 is 0 Å². The van der Waals surface area contributed by atoms with Gasteiger partial charge in [0.1, 0.15) is 5.82 Å². The summed E-state index contributed by atoms with van der Waals surface area (Å²) in [7, 11) is -1.87. The molecular weight excluding hydrogens is 329 g/mol. The molecule has 0 radical (unpaired) electrons. The average molecular weight is 351 g/mol. The zero-order valence-corrected chi connectivity index (χ0v) is 15.0. The van der Waals surface area contributed by atoms with Crippen molar-refractivity contribution in [2.24, 2.45) is 13.0 Å². The van der Waals surface area contributed by atoms with Crippen LogP contribution < -0.4 is 0 Å². The molecule has 0 N–H and O–H groups in total. The lowest BCUT2D eigenvalue weighted by Gasteiger charge is -2.16. The molecule has 1 atom stereocenters. The first-order chi connectivity index (χ1) is 11.3. The highest BCUT2D eigenvalue weighted by Crippen LogP contribution is 2.27. The van der Waals surface area contributed by atoms with Crippen molar-refractivity contribution in [3.05, 3.63) is 46.9 Å². The summed E-state index contributed by atoms with van der Waals surface area (Å²) in [5, 5.41) is 4.36. The normalized spacial score (nSPS) is 19.1. The Hall–Kier alpha value is -1.73. The fourth-order valence-electron chi connectivity index (χ4n) is 3.31. The van der Waals surface area contributed by atoms with Gasteiger partial charge in [-0.05, 0) is 55.9 Å². The predicted octanol–water partition coefficient (Wildman–Crippen LogP) is 2.43. The molecule has 0 amide bonds. The molecule has 24 heavy (non-hydrogen) atoms. The Kier molecular flexibility index (Phi) is 4.48. The van der Waals surface area contributed by atoms with E-state index in [-0.39, 0.29) is 16.8 Å². The molecule has 1 saturated heterocycles. The Balaban J connectivity index is 1.73. The number of hydrogen-bond acceptors (Lipinski definition) is 3. The van der Waals surface area contributed by atoms with Gasteiger partial charge in [-0.3, -0.25) is 4.68 Å². The summed E-state index contributed by atoms with van der Waals surface area (Å²) in [6.07, 6.45) is 1.57. The quantitative estimate of drug-likeness (QED) is 0.850. The van der Waals surface area contributed by atoms with Gasteiger partial charge in [-0.15, -0.1) is 0 Å². The molecule has 130 valence electrons. The van der Waals surface area contributed by atoms with Crippen molar-refractivity contribution >= 4 is 10.0 Å². The van der Waals surface area contributed by atoms with Crippen LogP contribution in [0.3, 0.4) is 0 Å². The van der Waals surface area contributed by atoms with Crippen molar-refractivity contribution in [2.45, 2.75) is 31.7 Å². The molecule has 5 nitrogen and oxygen atoms in total. The number of nitrogens with zero attached hydrogens (tertiary/aromatic N) is 3. The van der Waals surface area contributed by atoms with Crippen LogP contribution in [0.4, 0.5) is 4.39 Å². The third-order valence-corrected chi connectivity index (χ3v) is 6.48. The van der Waals surface area contributed by atoms with Gasteiger partial charge >= 0.3 is 0 Å². The minimum Gasteiger partial charge on any atom is -0.256 e. The fraction of sp³-hybridized carbons (Fsp3) is 0.471. The molecule has 1 aliphatic rings. The Bertz CT molecular complexity index is 861. The highest BCUT2D eigenvalue weighted by Gasteiger charge is 2.34. The molecule has 3 rings (SSSR count). The Morgan fingerprint density at radius 2 is 2.04 bits per heavy atom. The van der Waals surface area contributed by atoms with E-state index in [4.69, 9.17) is 0 Å². The van der Waals surface area contributed by atoms with Crippen molar-refractivity contribution in [3.8, 4) is 0 Å². The highest BCUT2D eigenvalue weighted by atomic mass is 32.2. The minimum absolute atomic E-state index is 0.207. The monoisotopic (exact) mass is 351 g/mol. The van der Waals surface area contributed by atoms with Crippen molar-refractivity contribution in [3.63, 3.8) is 0 Å². The molecule has 1 aromatic heterocycles. The first kappa shape index (κ1) is 17.1. The van der Waals surface area contributed by atoms with Crippen LogP contribution in [0.25, 0.3) is 0 Å². The van der Waals surface area contributed by atoms with Crippen molar-refractivity contribution < 1.29 is 12.8 Å². The fourth-order valence-corrected chi connectivity index (χ4v) is 5.02. The lowest BCUT2D eigenvalue weighted by Crippen LogP contribution is -2.30. The SMILES string of the molecule is Cc1cc(S(=O)(=O)N2CCC(Cc3ccc(F)c(C)c3)C2)n(C)n1. The van der Waals surface area contributed by atoms with Crippen LogP contribution in [0, 0.1) is 25.6 Å². The van der Waals surface area contributed by atoms with Crippen LogP contribution in [0.5, 0.6) is 0 Å². The maximum absolute atomic E-state index is 13.4. The van der Waals surface area contributed by atoms with E-state index < -0.39 is 10.0 Å². The summed E-state index contributed by atoms with van der Waals surface area (Å²) >= 11 is 0. The molecule has 0 aliphatic carbocycles. The molecule has 1 aromatic carbocycles. The number of rotatable bonds is 4. The van der Waals surface area contributed by atoms with Gasteiger partial charge in [-0.2, -0.15) is 9.40 Å². The van der Waals surface area contributed by atoms with Crippen molar-refractivity contribution in [1.82, 2.24) is 14.1 Å². The van der Waals surface area contributed by atoms with Crippen LogP contribution in [-0.4, -0.2) is 35.6 Å². The molecule has 0 saturated carbocycles. The van der Waals surface area contributed by atoms with E-state index in [9.17, 15) is 12.8 Å². The second kappa shape index (κ2) is 6.29. The standard InChI is InChI=1S/C17H22FN3O2S/c1-12-8-14(4-5-16(12)18)10-15-6-7-21(11-15)24(22,23)17-9-13(2)19-20(17)3/h4-5,8-9,15H,6-7,10-11H2,1-3H3. The van der Waals surface area contributed by atoms with Crippen LogP contribution in [-0.2, 0) is 23.5 Å². The molecule has 0 spiro atoms. The minimum atomic E-state index is -3.51. The maximum atomic E-state index is 13.4. The van der Waals surface area contributed by atoms with E-state index in [1.165, 1.54) is 15.1 Å². The summed E-state index contributed by atoms with van der Waals surface area (Å²) in [5.41, 5.74) is 2.36. The van der Waals surface area contributed by atoms with Crippen LogP contribution in [0.15, 0.2) is 29.3 Å². The molecule has 1 unspecified atom stereocenters. The number of aryl methyl sites for hydroxylation is 3. The largest absolute Gasteiger partial charge is 0.260 e. The van der Waals surface area contributed by atoms with Gasteiger partial charge < -0.3 is 0 Å². The van der Waals surface area contributed by atoms with E-state index in [0.29, 0.717) is 24.3 Å². The van der Waals surface area contributed by atoms with Crippen molar-refractivity contribution in [1.29, 1.82) is 0 Å². The number of halogens is 1. The first-order valence-corrected chi connectivity index (χ1v) is 9.47. The number of benzene rings is 1. The second-order valence-corrected chi connectivity index (χ2v) is 8.44. The number of sulfonamides is 1. The molecule has 2 heterocycles. The zero-order chi connectivity index (χ0) is 17.5. The van der Waals surface area contributed by atoms with Gasteiger partial charge in [0.2, 0.25) is 0 Å². The molecule has 1 aliphatic heterocycles. The molecule has 1 fully saturated rings. The Labute approximate surface area is 142 Å². The third-order valence-electron chi connectivity index (χ3n) is 4.56. The smallest absolute Gasteiger partial charge is 0.256 e. The van der Waals surface area contributed by atoms with Gasteiger partial charge in [-0.1, -0.05) is 12.1 Å². The predicted molar refractivity (Wildman–Crippen MR) is 89.7 cm³/mol. The Morgan fingerprint density at radius 3 is 2.67 bits per heavy atom. The molecule has 0 bridgehead atoms. The van der Waals surface area contributed by atoms with E-state index in [0.717, 1.165) is 18.4 Å². The van der Waals surface area contributed by atoms with E-state index in [1.807, 2.05) is 6.07 Å². The lowest BCUT2D eigenvalue weighted by atomic mass is 9.97. The summed E-state index contributed by atoms with van der Waals surface area (Å²) in [5.74, 6) is 0.0416. The van der Waals surface area contributed by atoms with E-state index in [1.54, 1.807) is 33.0 Å². The average Bonchev–Trinajstić information content (AvgIpc) is 3.10. The van der Waals surface area contributed by atoms with Crippen LogP contribution in [0.2, 0.25) is 0 Å². The summed E-state index contributed by atoms with van der Waals surface area (Å²) in [6.45, 7) is 4.53. The molecule has 7 heteroatoms. The number of hydrogen-bond donors (Lipinski definition) is 0. The van der Waals surface area contributed by atoms with E-state index in [2.05, 4.69) is 5.10 Å². The topological polar surface area (TPSA) is 55.2 Å². The summed E-state index contributed by atoms with van der Waals surface area (Å²) < 4.78 is 41.9. The zero-order valence-electron chi connectivity index (χ0n) is 14.2. The van der Waals surface area contributed by atoms with Crippen molar-refractivity contribution in [2.75, 3.05) is 13.1 Å². The van der Waals surface area contributed by atoms with Gasteiger partial charge in [0, 0.05) is 20.1 Å². The summed E-state index contributed by atoms with van der Waals surface area (Å²) in [4.78, 5) is 0. The van der Waals surface area contributed by atoms with E-state index >= 15 is 0 Å².